The first kappa shape index (κ1) is 16.0. The predicted molar refractivity (Wildman–Crippen MR) is 69.6 cm³/mol. The monoisotopic (exact) mass is 292 g/mol. The van der Waals surface area contributed by atoms with E-state index in [0.29, 0.717) is 0 Å². The SMILES string of the molecule is CC(C)OCCS(=O)(=O)C(C)c1c(F)cccc1F. The van der Waals surface area contributed by atoms with E-state index in [9.17, 15) is 17.2 Å². The third-order valence-corrected chi connectivity index (χ3v) is 4.81. The third kappa shape index (κ3) is 4.24. The molecule has 0 bridgehead atoms. The quantitative estimate of drug-likeness (QED) is 0.809. The second kappa shape index (κ2) is 6.43. The van der Waals surface area contributed by atoms with Crippen LogP contribution in [0, 0.1) is 11.6 Å². The second-order valence-electron chi connectivity index (χ2n) is 4.56. The van der Waals surface area contributed by atoms with Gasteiger partial charge in [0.2, 0.25) is 0 Å². The molecule has 1 aromatic rings. The Morgan fingerprint density at radius 1 is 1.16 bits per heavy atom. The Morgan fingerprint density at radius 3 is 2.16 bits per heavy atom. The summed E-state index contributed by atoms with van der Waals surface area (Å²) < 4.78 is 56.3. The van der Waals surface area contributed by atoms with Crippen molar-refractivity contribution in [1.82, 2.24) is 0 Å². The first-order chi connectivity index (χ1) is 8.75. The fourth-order valence-corrected chi connectivity index (χ4v) is 2.92. The van der Waals surface area contributed by atoms with Gasteiger partial charge in [-0.15, -0.1) is 0 Å². The lowest BCUT2D eigenvalue weighted by Gasteiger charge is -2.15. The van der Waals surface area contributed by atoms with Crippen molar-refractivity contribution in [3.63, 3.8) is 0 Å². The highest BCUT2D eigenvalue weighted by molar-refractivity contribution is 7.91. The normalized spacial score (nSPS) is 13.8. The molecule has 1 rings (SSSR count). The number of rotatable bonds is 6. The summed E-state index contributed by atoms with van der Waals surface area (Å²) >= 11 is 0. The lowest BCUT2D eigenvalue weighted by Crippen LogP contribution is -2.21. The number of hydrogen-bond acceptors (Lipinski definition) is 3. The van der Waals surface area contributed by atoms with Crippen LogP contribution in [0.25, 0.3) is 0 Å². The van der Waals surface area contributed by atoms with Gasteiger partial charge in [-0.05, 0) is 32.9 Å². The van der Waals surface area contributed by atoms with E-state index in [-0.39, 0.29) is 18.5 Å². The van der Waals surface area contributed by atoms with Crippen LogP contribution in [0.2, 0.25) is 0 Å². The van der Waals surface area contributed by atoms with Crippen LogP contribution in [0.15, 0.2) is 18.2 Å². The molecule has 0 saturated heterocycles. The summed E-state index contributed by atoms with van der Waals surface area (Å²) in [7, 11) is -3.66. The molecule has 0 aliphatic carbocycles. The zero-order valence-corrected chi connectivity index (χ0v) is 12.0. The highest BCUT2D eigenvalue weighted by Gasteiger charge is 2.27. The Morgan fingerprint density at radius 2 is 1.68 bits per heavy atom. The highest BCUT2D eigenvalue weighted by Crippen LogP contribution is 2.27. The van der Waals surface area contributed by atoms with E-state index in [4.69, 9.17) is 4.74 Å². The summed E-state index contributed by atoms with van der Waals surface area (Å²) in [4.78, 5) is 0. The van der Waals surface area contributed by atoms with Crippen LogP contribution in [0.5, 0.6) is 0 Å². The molecule has 1 atom stereocenters. The molecule has 1 unspecified atom stereocenters. The summed E-state index contributed by atoms with van der Waals surface area (Å²) in [6, 6.07) is 3.31. The standard InChI is InChI=1S/C13H18F2O3S/c1-9(2)18-7-8-19(16,17)10(3)13-11(14)5-4-6-12(13)15/h4-6,9-10H,7-8H2,1-3H3. The van der Waals surface area contributed by atoms with E-state index >= 15 is 0 Å². The van der Waals surface area contributed by atoms with Crippen molar-refractivity contribution < 1.29 is 21.9 Å². The molecule has 0 N–H and O–H groups in total. The van der Waals surface area contributed by atoms with Gasteiger partial charge in [0, 0.05) is 5.56 Å². The van der Waals surface area contributed by atoms with Crippen LogP contribution in [-0.2, 0) is 14.6 Å². The van der Waals surface area contributed by atoms with Crippen LogP contribution >= 0.6 is 0 Å². The second-order valence-corrected chi connectivity index (χ2v) is 7.01. The molecule has 108 valence electrons. The average Bonchev–Trinajstić information content (AvgIpc) is 2.27. The molecule has 0 radical (unpaired) electrons. The number of ether oxygens (including phenoxy) is 1. The van der Waals surface area contributed by atoms with Gasteiger partial charge in [-0.1, -0.05) is 6.07 Å². The van der Waals surface area contributed by atoms with E-state index in [1.807, 2.05) is 0 Å². The van der Waals surface area contributed by atoms with Crippen LogP contribution in [0.4, 0.5) is 8.78 Å². The van der Waals surface area contributed by atoms with E-state index < -0.39 is 32.3 Å². The van der Waals surface area contributed by atoms with Gasteiger partial charge in [0.1, 0.15) is 11.6 Å². The molecule has 3 nitrogen and oxygen atoms in total. The molecule has 0 heterocycles. The lowest BCUT2D eigenvalue weighted by molar-refractivity contribution is 0.0911. The molecule has 0 fully saturated rings. The molecular weight excluding hydrogens is 274 g/mol. The number of benzene rings is 1. The summed E-state index contributed by atoms with van der Waals surface area (Å²) in [5.74, 6) is -1.96. The molecule has 19 heavy (non-hydrogen) atoms. The number of hydrogen-bond donors (Lipinski definition) is 0. The Bertz CT molecular complexity index is 506. The maximum Gasteiger partial charge on any atom is 0.159 e. The lowest BCUT2D eigenvalue weighted by atomic mass is 10.1. The van der Waals surface area contributed by atoms with Gasteiger partial charge >= 0.3 is 0 Å². The van der Waals surface area contributed by atoms with E-state index in [2.05, 4.69) is 0 Å². The van der Waals surface area contributed by atoms with Crippen LogP contribution in [0.3, 0.4) is 0 Å². The highest BCUT2D eigenvalue weighted by atomic mass is 32.2. The van der Waals surface area contributed by atoms with Gasteiger partial charge in [0.05, 0.1) is 23.7 Å². The van der Waals surface area contributed by atoms with Crippen LogP contribution in [0.1, 0.15) is 31.6 Å². The Kier molecular flexibility index (Phi) is 5.43. The summed E-state index contributed by atoms with van der Waals surface area (Å²) in [6.45, 7) is 4.87. The van der Waals surface area contributed by atoms with Gasteiger partial charge in [-0.2, -0.15) is 0 Å². The largest absolute Gasteiger partial charge is 0.378 e. The van der Waals surface area contributed by atoms with Crippen molar-refractivity contribution in [2.24, 2.45) is 0 Å². The van der Waals surface area contributed by atoms with Crippen LogP contribution < -0.4 is 0 Å². The van der Waals surface area contributed by atoms with Crippen molar-refractivity contribution >= 4 is 9.84 Å². The number of sulfone groups is 1. The fourth-order valence-electron chi connectivity index (χ4n) is 1.66. The third-order valence-electron chi connectivity index (χ3n) is 2.76. The van der Waals surface area contributed by atoms with Gasteiger partial charge in [0.25, 0.3) is 0 Å². The Balaban J connectivity index is 2.89. The first-order valence-corrected chi connectivity index (χ1v) is 7.74. The zero-order valence-electron chi connectivity index (χ0n) is 11.2. The van der Waals surface area contributed by atoms with Gasteiger partial charge in [-0.3, -0.25) is 0 Å². The van der Waals surface area contributed by atoms with Crippen molar-refractivity contribution in [1.29, 1.82) is 0 Å². The van der Waals surface area contributed by atoms with Gasteiger partial charge in [-0.25, -0.2) is 17.2 Å². The van der Waals surface area contributed by atoms with Crippen molar-refractivity contribution in [2.75, 3.05) is 12.4 Å². The van der Waals surface area contributed by atoms with Crippen LogP contribution in [-0.4, -0.2) is 26.9 Å². The number of halogens is 2. The van der Waals surface area contributed by atoms with E-state index in [1.165, 1.54) is 13.0 Å². The van der Waals surface area contributed by atoms with Crippen molar-refractivity contribution in [2.45, 2.75) is 32.1 Å². The summed E-state index contributed by atoms with van der Waals surface area (Å²) in [6.07, 6.45) is -0.0873. The molecule has 6 heteroatoms. The molecule has 0 spiro atoms. The molecule has 0 amide bonds. The molecule has 0 aliphatic heterocycles. The molecule has 1 aromatic carbocycles. The minimum Gasteiger partial charge on any atom is -0.378 e. The minimum atomic E-state index is -3.66. The van der Waals surface area contributed by atoms with Gasteiger partial charge < -0.3 is 4.74 Å². The summed E-state index contributed by atoms with van der Waals surface area (Å²) in [5.41, 5.74) is -0.410. The fraction of sp³-hybridized carbons (Fsp3) is 0.538. The van der Waals surface area contributed by atoms with Crippen molar-refractivity contribution in [3.05, 3.63) is 35.4 Å². The minimum absolute atomic E-state index is 0.0143. The van der Waals surface area contributed by atoms with Gasteiger partial charge in [0.15, 0.2) is 9.84 Å². The van der Waals surface area contributed by atoms with Crippen molar-refractivity contribution in [3.8, 4) is 0 Å². The topological polar surface area (TPSA) is 43.4 Å². The van der Waals surface area contributed by atoms with E-state index in [0.717, 1.165) is 12.1 Å². The summed E-state index contributed by atoms with van der Waals surface area (Å²) in [5, 5.41) is -1.23. The molecule has 0 saturated carbocycles. The Hall–Kier alpha value is -1.01. The maximum atomic E-state index is 13.5. The molecule has 0 aliphatic rings. The average molecular weight is 292 g/mol. The molecular formula is C13H18F2O3S. The first-order valence-electron chi connectivity index (χ1n) is 6.02. The smallest absolute Gasteiger partial charge is 0.159 e. The maximum absolute atomic E-state index is 13.5. The predicted octanol–water partition coefficient (Wildman–Crippen LogP) is 2.87. The molecule has 0 aromatic heterocycles. The van der Waals surface area contributed by atoms with E-state index in [1.54, 1.807) is 13.8 Å². The zero-order chi connectivity index (χ0) is 14.6. The Labute approximate surface area is 112 Å².